The number of fused-ring (bicyclic) bond motifs is 12. The van der Waals surface area contributed by atoms with E-state index in [9.17, 15) is 28.8 Å². The van der Waals surface area contributed by atoms with Crippen molar-refractivity contribution in [2.75, 3.05) is 0 Å². The summed E-state index contributed by atoms with van der Waals surface area (Å²) in [6.45, 7) is 0. The number of benzene rings is 17. The third-order valence-corrected chi connectivity index (χ3v) is 14.9. The van der Waals surface area contributed by atoms with Crippen molar-refractivity contribution < 1.29 is 85.6 Å². The Morgan fingerprint density at radius 1 is 0.174 bits per heavy atom. The molecule has 19 aromatic rings. The van der Waals surface area contributed by atoms with Gasteiger partial charge in [-0.15, -0.1) is 0 Å². The summed E-state index contributed by atoms with van der Waals surface area (Å²) in [6.07, 6.45) is 0. The van der Waals surface area contributed by atoms with Gasteiger partial charge in [0.15, 0.2) is 0 Å². The normalized spacial score (nSPS) is 20.2. The van der Waals surface area contributed by atoms with Crippen molar-refractivity contribution in [3.63, 3.8) is 0 Å². The molecule has 2 aromatic heterocycles. The average molecular weight is 1230 g/mol. The molecule has 0 atom stereocenters. The van der Waals surface area contributed by atoms with Gasteiger partial charge in [-0.3, -0.25) is 0 Å². The van der Waals surface area contributed by atoms with E-state index in [1.807, 2.05) is 0 Å². The zero-order valence-corrected chi connectivity index (χ0v) is 45.8. The van der Waals surface area contributed by atoms with Crippen LogP contribution in [0.25, 0.3) is 186 Å². The van der Waals surface area contributed by atoms with Crippen LogP contribution in [0.5, 0.6) is 0 Å². The maximum atomic E-state index is 9.62. The molecule has 0 bridgehead atoms. The molecule has 92 heavy (non-hydrogen) atoms. The second-order valence-corrected chi connectivity index (χ2v) is 19.8. The lowest BCUT2D eigenvalue weighted by Crippen LogP contribution is -1.93. The van der Waals surface area contributed by atoms with Gasteiger partial charge in [-0.05, 0) is 179 Å². The minimum Gasteiger partial charge on any atom is -0.456 e. The first-order valence-corrected chi connectivity index (χ1v) is 27.1. The second-order valence-electron chi connectivity index (χ2n) is 19.8. The molecule has 0 unspecified atom stereocenters. The van der Waals surface area contributed by atoms with E-state index in [2.05, 4.69) is 0 Å². The quantitative estimate of drug-likeness (QED) is 0.149. The molecule has 2 heteroatoms. The molecule has 0 aliphatic carbocycles. The van der Waals surface area contributed by atoms with Crippen molar-refractivity contribution in [3.8, 4) is 77.9 Å². The molecule has 0 fully saturated rings. The fourth-order valence-electron chi connectivity index (χ4n) is 11.1. The lowest BCUT2D eigenvalue weighted by Gasteiger charge is -2.20. The zero-order valence-electron chi connectivity index (χ0n) is 102. The summed E-state index contributed by atoms with van der Waals surface area (Å²) in [5, 5.41) is -10.5. The highest BCUT2D eigenvalue weighted by molar-refractivity contribution is 6.29. The van der Waals surface area contributed by atoms with Crippen molar-refractivity contribution in [1.29, 1.82) is 0 Å². The van der Waals surface area contributed by atoms with Gasteiger partial charge in [0.2, 0.25) is 0 Å². The Hall–Kier alpha value is -12.1. The third-order valence-electron chi connectivity index (χ3n) is 14.9. The number of hydrogen-bond donors (Lipinski definition) is 0. The highest BCUT2D eigenvalue weighted by Gasteiger charge is 2.24. The average Bonchev–Trinajstić information content (AvgIpc) is 1.60. The van der Waals surface area contributed by atoms with E-state index < -0.39 is 525 Å². The van der Waals surface area contributed by atoms with Crippen molar-refractivity contribution in [3.05, 3.63) is 338 Å². The van der Waals surface area contributed by atoms with Crippen molar-refractivity contribution >= 4 is 109 Å². The predicted octanol–water partition coefficient (Wildman–Crippen LogP) is 25.8. The maximum Gasteiger partial charge on any atom is 0.136 e. The van der Waals surface area contributed by atoms with Gasteiger partial charge >= 0.3 is 0 Å². The van der Waals surface area contributed by atoms with E-state index >= 15 is 0 Å². The van der Waals surface area contributed by atoms with E-state index in [-0.39, 0.29) is 0 Å². The molecule has 0 aliphatic rings. The predicted molar refractivity (Wildman–Crippen MR) is 391 cm³/mol. The molecule has 0 spiro atoms. The first kappa shape index (κ1) is 21.3. The number of furan rings is 2. The van der Waals surface area contributed by atoms with Crippen LogP contribution < -0.4 is 0 Å². The summed E-state index contributed by atoms with van der Waals surface area (Å²) < 4.78 is 515. The Bertz CT molecular complexity index is 9400. The Morgan fingerprint density at radius 2 is 0.435 bits per heavy atom. The van der Waals surface area contributed by atoms with Crippen molar-refractivity contribution in [2.45, 2.75) is 0 Å². The minimum atomic E-state index is -1.15. The fourth-order valence-corrected chi connectivity index (χ4v) is 11.1. The minimum absolute atomic E-state index is 0.478. The van der Waals surface area contributed by atoms with E-state index in [4.69, 9.17) is 56.8 Å². The van der Waals surface area contributed by atoms with Gasteiger partial charge < -0.3 is 8.83 Å². The van der Waals surface area contributed by atoms with Crippen LogP contribution >= 0.6 is 0 Å². The second kappa shape index (κ2) is 21.9. The maximum absolute atomic E-state index is 9.62. The first-order chi connectivity index (χ1) is 69.0. The van der Waals surface area contributed by atoms with E-state index in [0.29, 0.717) is 0 Å². The van der Waals surface area contributed by atoms with E-state index in [1.54, 1.807) is 0 Å². The van der Waals surface area contributed by atoms with Crippen LogP contribution in [0.1, 0.15) is 76.8 Å². The summed E-state index contributed by atoms with van der Waals surface area (Å²) in [4.78, 5) is 0. The van der Waals surface area contributed by atoms with Crippen molar-refractivity contribution in [1.82, 2.24) is 0 Å². The summed E-state index contributed by atoms with van der Waals surface area (Å²) in [6, 6.07) is -53.9. The molecule has 0 aliphatic heterocycles. The summed E-state index contributed by atoms with van der Waals surface area (Å²) in [5.74, 6) is 0. The number of rotatable bonds is 7. The first-order valence-electron chi connectivity index (χ1n) is 55.1. The van der Waals surface area contributed by atoms with Crippen LogP contribution in [-0.4, -0.2) is 0 Å². The van der Waals surface area contributed by atoms with Crippen LogP contribution in [0.2, 0.25) is 0 Å². The Balaban J connectivity index is 0.000000195. The molecule has 0 saturated carbocycles. The molecule has 2 nitrogen and oxygen atoms in total. The van der Waals surface area contributed by atoms with Crippen LogP contribution in [-0.2, 0) is 0 Å². The zero-order chi connectivity index (χ0) is 109. The largest absolute Gasteiger partial charge is 0.456 e. The third kappa shape index (κ3) is 8.72. The van der Waals surface area contributed by atoms with Gasteiger partial charge in [-0.2, -0.15) is 0 Å². The van der Waals surface area contributed by atoms with Gasteiger partial charge in [0.1, 0.15) is 22.3 Å². The van der Waals surface area contributed by atoms with Crippen molar-refractivity contribution in [2.24, 2.45) is 0 Å². The summed E-state index contributed by atoms with van der Waals surface area (Å²) >= 11 is 0. The van der Waals surface area contributed by atoms with Crippen LogP contribution in [0.15, 0.2) is 347 Å². The van der Waals surface area contributed by atoms with E-state index in [1.165, 1.54) is 0 Å². The Kier molecular flexibility index (Phi) is 5.06. The Labute approximate surface area is 610 Å². The molecular weight excluding hydrogens is 1110 g/mol. The molecule has 0 saturated heterocycles. The molecular formula is C90H56O2. The SMILES string of the molecule is [2H]c1c([2H])c([2H])c(-c2c([2H])c([2H])c(-c3c([2H])c([2H])c([2H])c([2H])c3-c3c4c([2H])c([2H])c([2H])c([2H])c4c(-c4c([2H])c([2H])c([2H])c5oc6c([2H])c7c([2H])c([2H])c([2H])c([2H])c7c([2H])c6c45)c4c([2H])c([2H])c([2H])c([2H])c34)c([2H])c2[2H])c([2H])c1[2H].[2H]c1c([2H])c([2H])c(-c2c([2H])c([2H])c([2H])c([2H])c2-c2c3c([2H])c([2H])c([2H])c([2H])c3c(-c3c([2H])c([2H])c([2H])c4oc5c([2H])c6c([2H])c([2H])c([2H])c([2H])c6c([2H])c5c34)c3c([2H])c([2H])c([2H])c([2H])c23)c([2H])c1[2H]. The van der Waals surface area contributed by atoms with Gasteiger partial charge in [0, 0.05) is 21.5 Å². The van der Waals surface area contributed by atoms with Crippen LogP contribution in [0, 0.1) is 0 Å². The summed E-state index contributed by atoms with van der Waals surface area (Å²) in [5.41, 5.74) is -14.0. The molecule has 17 aromatic carbocycles. The topological polar surface area (TPSA) is 26.3 Å². The van der Waals surface area contributed by atoms with Gasteiger partial charge in [-0.1, -0.05) is 302 Å². The van der Waals surface area contributed by atoms with Crippen LogP contribution in [0.4, 0.5) is 0 Å². The summed E-state index contributed by atoms with van der Waals surface area (Å²) in [7, 11) is 0. The standard InChI is InChI=1S/C48H30O.C42H26O/c1-2-13-31(14-3-1)32-25-27-33(28-26-32)36-17-6-7-18-37(36)46-38-19-8-10-21-40(38)47(41-22-11-9-20-39(41)46)42-23-12-24-44-48(42)43-29-34-15-4-5-16-35(34)30-45(43)49-44;1-2-13-27(14-3-1)30-17-6-7-18-31(30)40-32-19-8-10-21-34(32)41(35-22-11-9-20-33(35)40)36-23-12-24-38-42(36)37-25-28-15-4-5-16-29(28)26-39(37)43-38/h1-30H;1-26H/i1D,2D,3D,4D,5D,6D,7D,8D,9D,10D,11D,12D,13D,14D,15D,16D,17D,18D,19D,20D,21D,22D,23D,24D,25D,26D,27D,28D,29D,30D;1D,2D,3D,4D,5D,6D,7D,8D,9D,10D,11D,12D,13D,14D,15D,16D,17D,18D,19D,20D,21D,22D,23D,24D,25D,26D. The molecule has 19 rings (SSSR count). The number of hydrogen-bond acceptors (Lipinski definition) is 2. The molecule has 428 valence electrons. The lowest BCUT2D eigenvalue weighted by atomic mass is 9.83. The molecule has 0 amide bonds. The lowest BCUT2D eigenvalue weighted by molar-refractivity contribution is 0.669. The monoisotopic (exact) mass is 1220 g/mol. The highest BCUT2D eigenvalue weighted by atomic mass is 16.3. The van der Waals surface area contributed by atoms with E-state index in [0.717, 1.165) is 0 Å². The smallest absolute Gasteiger partial charge is 0.136 e. The van der Waals surface area contributed by atoms with Gasteiger partial charge in [0.05, 0.1) is 76.8 Å². The molecule has 0 N–H and O–H groups in total. The molecule has 0 radical (unpaired) electrons. The molecule has 2 heterocycles. The van der Waals surface area contributed by atoms with Gasteiger partial charge in [-0.25, -0.2) is 0 Å². The highest BCUT2D eigenvalue weighted by Crippen LogP contribution is 2.51. The van der Waals surface area contributed by atoms with Gasteiger partial charge in [0.25, 0.3) is 0 Å². The van der Waals surface area contributed by atoms with Crippen LogP contribution in [0.3, 0.4) is 0 Å². The fraction of sp³-hybridized carbons (Fsp3) is 0. The Morgan fingerprint density at radius 3 is 0.815 bits per heavy atom.